The summed E-state index contributed by atoms with van der Waals surface area (Å²) in [5.41, 5.74) is 1.70. The molecule has 1 saturated carbocycles. The second-order valence-corrected chi connectivity index (χ2v) is 5.54. The second kappa shape index (κ2) is 5.08. The predicted molar refractivity (Wildman–Crippen MR) is 67.7 cm³/mol. The molecule has 2 aromatic rings. The number of nitrogens with zero attached hydrogens (tertiary/aromatic N) is 3. The Hall–Kier alpha value is -1.76. The van der Waals surface area contributed by atoms with Crippen molar-refractivity contribution in [2.24, 2.45) is 5.92 Å². The molecule has 3 rings (SSSR count). The molecule has 2 heterocycles. The minimum absolute atomic E-state index is 0.166. The maximum Gasteiger partial charge on any atom is 0.307 e. The monoisotopic (exact) mass is 279 g/mol. The minimum atomic E-state index is -0.776. The quantitative estimate of drug-likeness (QED) is 0.928. The Morgan fingerprint density at radius 1 is 1.42 bits per heavy atom. The molecule has 0 radical (unpaired) electrons. The molecule has 2 aromatic heterocycles. The van der Waals surface area contributed by atoms with E-state index in [0.29, 0.717) is 18.1 Å². The van der Waals surface area contributed by atoms with E-state index in [1.54, 1.807) is 11.7 Å². The van der Waals surface area contributed by atoms with Gasteiger partial charge in [0.1, 0.15) is 0 Å². The summed E-state index contributed by atoms with van der Waals surface area (Å²) in [7, 11) is 0. The number of thiazole rings is 1. The van der Waals surface area contributed by atoms with Crippen LogP contribution in [0.25, 0.3) is 10.7 Å². The molecular weight excluding hydrogens is 266 g/mol. The van der Waals surface area contributed by atoms with Gasteiger partial charge in [-0.3, -0.25) is 9.78 Å². The first-order valence-corrected chi connectivity index (χ1v) is 7.09. The van der Waals surface area contributed by atoms with E-state index in [-0.39, 0.29) is 5.92 Å². The number of carbonyl (C=O) groups is 1. The lowest BCUT2D eigenvalue weighted by Crippen LogP contribution is -2.25. The fraction of sp³-hybridized carbons (Fsp3) is 0.500. The topological polar surface area (TPSA) is 89.1 Å². The van der Waals surface area contributed by atoms with Crippen molar-refractivity contribution in [1.29, 1.82) is 0 Å². The first kappa shape index (κ1) is 12.3. The zero-order valence-electron chi connectivity index (χ0n) is 10.2. The summed E-state index contributed by atoms with van der Waals surface area (Å²) in [6.45, 7) is 0. The number of carboxylic acids is 1. The summed E-state index contributed by atoms with van der Waals surface area (Å²) in [4.78, 5) is 20.4. The van der Waals surface area contributed by atoms with Gasteiger partial charge >= 0.3 is 5.97 Å². The Morgan fingerprint density at radius 2 is 2.26 bits per heavy atom. The summed E-state index contributed by atoms with van der Waals surface area (Å²) < 4.78 is 5.26. The molecule has 1 fully saturated rings. The molecule has 7 heteroatoms. The molecule has 2 unspecified atom stereocenters. The Morgan fingerprint density at radius 3 is 3.00 bits per heavy atom. The third kappa shape index (κ3) is 2.37. The molecule has 1 N–H and O–H groups in total. The van der Waals surface area contributed by atoms with Crippen molar-refractivity contribution in [3.8, 4) is 10.7 Å². The van der Waals surface area contributed by atoms with Crippen LogP contribution in [0.3, 0.4) is 0 Å². The van der Waals surface area contributed by atoms with Crippen LogP contribution in [0.1, 0.15) is 37.5 Å². The van der Waals surface area contributed by atoms with Gasteiger partial charge in [0.05, 0.1) is 22.2 Å². The van der Waals surface area contributed by atoms with Crippen molar-refractivity contribution in [2.75, 3.05) is 0 Å². The zero-order chi connectivity index (χ0) is 13.2. The normalized spacial score (nSPS) is 23.4. The van der Waals surface area contributed by atoms with Crippen LogP contribution in [-0.2, 0) is 4.79 Å². The third-order valence-electron chi connectivity index (χ3n) is 3.49. The van der Waals surface area contributed by atoms with Crippen LogP contribution in [0.2, 0.25) is 0 Å². The standard InChI is InChI=1S/C12H13N3O3S/c16-12(17)8-4-2-1-3-7(8)11-14-10(15-18-11)9-5-13-6-19-9/h5-8H,1-4H2,(H,16,17). The van der Waals surface area contributed by atoms with Crippen LogP contribution in [-0.4, -0.2) is 26.2 Å². The lowest BCUT2D eigenvalue weighted by Gasteiger charge is -2.25. The SMILES string of the molecule is O=C(O)C1CCCCC1c1nc(-c2cncs2)no1. The van der Waals surface area contributed by atoms with E-state index in [0.717, 1.165) is 24.1 Å². The van der Waals surface area contributed by atoms with Gasteiger partial charge in [0, 0.05) is 6.20 Å². The van der Waals surface area contributed by atoms with Gasteiger partial charge in [-0.25, -0.2) is 0 Å². The average molecular weight is 279 g/mol. The molecule has 100 valence electrons. The number of aliphatic carboxylic acids is 1. The molecule has 0 aromatic carbocycles. The summed E-state index contributed by atoms with van der Waals surface area (Å²) in [6, 6.07) is 0. The number of aromatic nitrogens is 3. The Bertz CT molecular complexity index is 567. The lowest BCUT2D eigenvalue weighted by molar-refractivity contribution is -0.143. The molecule has 0 aliphatic heterocycles. The molecule has 1 aliphatic rings. The first-order valence-electron chi connectivity index (χ1n) is 6.21. The average Bonchev–Trinajstić information content (AvgIpc) is 3.09. The summed E-state index contributed by atoms with van der Waals surface area (Å²) >= 11 is 1.43. The van der Waals surface area contributed by atoms with Gasteiger partial charge in [0.15, 0.2) is 0 Å². The Balaban J connectivity index is 1.87. The molecule has 1 aliphatic carbocycles. The highest BCUT2D eigenvalue weighted by Gasteiger charge is 2.35. The zero-order valence-corrected chi connectivity index (χ0v) is 11.0. The minimum Gasteiger partial charge on any atom is -0.481 e. The summed E-state index contributed by atoms with van der Waals surface area (Å²) in [5, 5.41) is 13.2. The fourth-order valence-corrected chi connectivity index (χ4v) is 3.08. The predicted octanol–water partition coefficient (Wildman–Crippen LogP) is 2.55. The smallest absolute Gasteiger partial charge is 0.307 e. The molecule has 0 saturated heterocycles. The van der Waals surface area contributed by atoms with E-state index in [9.17, 15) is 9.90 Å². The van der Waals surface area contributed by atoms with Crippen LogP contribution in [0.4, 0.5) is 0 Å². The van der Waals surface area contributed by atoms with Crippen molar-refractivity contribution >= 4 is 17.3 Å². The third-order valence-corrected chi connectivity index (χ3v) is 4.26. The molecule has 2 atom stereocenters. The van der Waals surface area contributed by atoms with Crippen molar-refractivity contribution in [2.45, 2.75) is 31.6 Å². The van der Waals surface area contributed by atoms with Crippen molar-refractivity contribution in [1.82, 2.24) is 15.1 Å². The van der Waals surface area contributed by atoms with Gasteiger partial charge in [-0.15, -0.1) is 11.3 Å². The summed E-state index contributed by atoms with van der Waals surface area (Å²) in [6.07, 6.45) is 5.10. The van der Waals surface area contributed by atoms with Crippen LogP contribution >= 0.6 is 11.3 Å². The molecule has 0 bridgehead atoms. The van der Waals surface area contributed by atoms with Crippen LogP contribution in [0.15, 0.2) is 16.2 Å². The van der Waals surface area contributed by atoms with Gasteiger partial charge in [-0.1, -0.05) is 18.0 Å². The highest BCUT2D eigenvalue weighted by molar-refractivity contribution is 7.13. The second-order valence-electron chi connectivity index (χ2n) is 4.66. The molecule has 6 nitrogen and oxygen atoms in total. The van der Waals surface area contributed by atoms with Gasteiger partial charge in [-0.05, 0) is 12.8 Å². The number of rotatable bonds is 3. The first-order chi connectivity index (χ1) is 9.25. The van der Waals surface area contributed by atoms with E-state index < -0.39 is 11.9 Å². The van der Waals surface area contributed by atoms with Gasteiger partial charge in [0.25, 0.3) is 0 Å². The molecular formula is C12H13N3O3S. The van der Waals surface area contributed by atoms with E-state index in [1.807, 2.05) is 0 Å². The fourth-order valence-electron chi connectivity index (χ4n) is 2.53. The number of hydrogen-bond donors (Lipinski definition) is 1. The largest absolute Gasteiger partial charge is 0.481 e. The Kier molecular flexibility index (Phi) is 3.29. The van der Waals surface area contributed by atoms with Crippen molar-refractivity contribution in [3.63, 3.8) is 0 Å². The van der Waals surface area contributed by atoms with Gasteiger partial charge < -0.3 is 9.63 Å². The molecule has 0 spiro atoms. The maximum absolute atomic E-state index is 11.3. The van der Waals surface area contributed by atoms with E-state index in [2.05, 4.69) is 15.1 Å². The summed E-state index contributed by atoms with van der Waals surface area (Å²) in [5.74, 6) is -0.422. The van der Waals surface area contributed by atoms with Gasteiger partial charge in [-0.2, -0.15) is 4.98 Å². The van der Waals surface area contributed by atoms with Gasteiger partial charge in [0.2, 0.25) is 11.7 Å². The lowest BCUT2D eigenvalue weighted by atomic mass is 9.79. The Labute approximate surface area is 113 Å². The molecule has 19 heavy (non-hydrogen) atoms. The van der Waals surface area contributed by atoms with Crippen LogP contribution < -0.4 is 0 Å². The highest BCUT2D eigenvalue weighted by Crippen LogP contribution is 2.37. The van der Waals surface area contributed by atoms with E-state index in [4.69, 9.17) is 4.52 Å². The number of hydrogen-bond acceptors (Lipinski definition) is 6. The van der Waals surface area contributed by atoms with E-state index >= 15 is 0 Å². The maximum atomic E-state index is 11.3. The molecule has 0 amide bonds. The van der Waals surface area contributed by atoms with Crippen molar-refractivity contribution < 1.29 is 14.4 Å². The van der Waals surface area contributed by atoms with Crippen molar-refractivity contribution in [3.05, 3.63) is 17.6 Å². The number of carboxylic acid groups (broad SMARTS) is 1. The highest BCUT2D eigenvalue weighted by atomic mass is 32.1. The van der Waals surface area contributed by atoms with E-state index in [1.165, 1.54) is 11.3 Å². The van der Waals surface area contributed by atoms with Crippen LogP contribution in [0, 0.1) is 5.92 Å². The van der Waals surface area contributed by atoms with Crippen LogP contribution in [0.5, 0.6) is 0 Å².